The Morgan fingerprint density at radius 3 is 2.08 bits per heavy atom. The zero-order chi connectivity index (χ0) is 18.2. The van der Waals surface area contributed by atoms with Crippen LogP contribution in [0.4, 0.5) is 10.5 Å². The van der Waals surface area contributed by atoms with Gasteiger partial charge in [-0.2, -0.15) is 0 Å². The van der Waals surface area contributed by atoms with E-state index in [1.807, 2.05) is 0 Å². The fourth-order valence-corrected chi connectivity index (χ4v) is 3.01. The summed E-state index contributed by atoms with van der Waals surface area (Å²) in [5, 5.41) is 2.87. The molecule has 1 saturated heterocycles. The highest BCUT2D eigenvalue weighted by Crippen LogP contribution is 2.33. The minimum absolute atomic E-state index is 0.0962. The van der Waals surface area contributed by atoms with Crippen molar-refractivity contribution in [3.05, 3.63) is 27.2 Å². The van der Waals surface area contributed by atoms with E-state index in [2.05, 4.69) is 5.32 Å². The molecule has 0 bridgehead atoms. The standard InChI is InChI=1S/C14H12Cl3N3O4/c1-6(2)20-13(23)12(22)19(14(20)24)5-10(21)18-11-8(16)3-7(15)4-9(11)17/h3-4,6H,5H2,1-2H3,(H,18,21). The highest BCUT2D eigenvalue weighted by molar-refractivity contribution is 6.45. The van der Waals surface area contributed by atoms with E-state index in [9.17, 15) is 19.2 Å². The lowest BCUT2D eigenvalue weighted by Gasteiger charge is -2.18. The highest BCUT2D eigenvalue weighted by Gasteiger charge is 2.46. The molecular weight excluding hydrogens is 381 g/mol. The monoisotopic (exact) mass is 391 g/mol. The van der Waals surface area contributed by atoms with Crippen LogP contribution >= 0.6 is 34.8 Å². The van der Waals surface area contributed by atoms with Gasteiger partial charge in [0.25, 0.3) is 0 Å². The Morgan fingerprint density at radius 1 is 1.08 bits per heavy atom. The molecule has 0 aromatic heterocycles. The van der Waals surface area contributed by atoms with Crippen molar-refractivity contribution < 1.29 is 19.2 Å². The molecule has 1 N–H and O–H groups in total. The van der Waals surface area contributed by atoms with Gasteiger partial charge in [-0.05, 0) is 26.0 Å². The molecule has 0 saturated carbocycles. The fourth-order valence-electron chi connectivity index (χ4n) is 2.10. The molecule has 1 aliphatic rings. The highest BCUT2D eigenvalue weighted by atomic mass is 35.5. The molecule has 1 aliphatic heterocycles. The maximum absolute atomic E-state index is 12.1. The van der Waals surface area contributed by atoms with Gasteiger partial charge in [0.1, 0.15) is 6.54 Å². The van der Waals surface area contributed by atoms with Crippen molar-refractivity contribution in [2.24, 2.45) is 0 Å². The van der Waals surface area contributed by atoms with E-state index >= 15 is 0 Å². The topological polar surface area (TPSA) is 86.8 Å². The Kier molecular flexibility index (Phi) is 5.37. The number of anilines is 1. The Hall–Kier alpha value is -1.83. The van der Waals surface area contributed by atoms with E-state index in [-0.39, 0.29) is 20.8 Å². The molecule has 1 aromatic rings. The number of nitrogens with one attached hydrogen (secondary N) is 1. The number of urea groups is 1. The second-order valence-corrected chi connectivity index (χ2v) is 6.49. The summed E-state index contributed by atoms with van der Waals surface area (Å²) in [6.07, 6.45) is 0. The van der Waals surface area contributed by atoms with Crippen LogP contribution in [0.1, 0.15) is 13.8 Å². The molecule has 0 atom stereocenters. The van der Waals surface area contributed by atoms with Crippen molar-refractivity contribution in [2.45, 2.75) is 19.9 Å². The first-order valence-corrected chi connectivity index (χ1v) is 7.90. The third-order valence-corrected chi connectivity index (χ3v) is 3.99. The van der Waals surface area contributed by atoms with Gasteiger partial charge in [-0.25, -0.2) is 9.69 Å². The summed E-state index contributed by atoms with van der Waals surface area (Å²) in [7, 11) is 0. The Balaban J connectivity index is 2.15. The van der Waals surface area contributed by atoms with E-state index in [0.29, 0.717) is 4.90 Å². The Morgan fingerprint density at radius 2 is 1.62 bits per heavy atom. The van der Waals surface area contributed by atoms with Crippen LogP contribution in [0.25, 0.3) is 0 Å². The summed E-state index contributed by atoms with van der Waals surface area (Å²) >= 11 is 17.7. The SMILES string of the molecule is CC(C)N1C(=O)C(=O)N(CC(=O)Nc2c(Cl)cc(Cl)cc2Cl)C1=O. The summed E-state index contributed by atoms with van der Waals surface area (Å²) in [4.78, 5) is 49.2. The molecule has 5 amide bonds. The third kappa shape index (κ3) is 3.48. The van der Waals surface area contributed by atoms with Gasteiger partial charge in [0.15, 0.2) is 0 Å². The van der Waals surface area contributed by atoms with Gasteiger partial charge < -0.3 is 5.32 Å². The van der Waals surface area contributed by atoms with Crippen LogP contribution in [0.15, 0.2) is 12.1 Å². The summed E-state index contributed by atoms with van der Waals surface area (Å²) in [5.41, 5.74) is 0.0962. The van der Waals surface area contributed by atoms with Gasteiger partial charge in [-0.1, -0.05) is 34.8 Å². The molecule has 24 heavy (non-hydrogen) atoms. The molecule has 0 unspecified atom stereocenters. The molecule has 1 aromatic carbocycles. The van der Waals surface area contributed by atoms with E-state index in [0.717, 1.165) is 4.90 Å². The number of amides is 5. The second kappa shape index (κ2) is 6.96. The van der Waals surface area contributed by atoms with Crippen molar-refractivity contribution in [3.8, 4) is 0 Å². The normalized spacial score (nSPS) is 14.8. The maximum atomic E-state index is 12.1. The lowest BCUT2D eigenvalue weighted by atomic mass is 10.3. The van der Waals surface area contributed by atoms with Gasteiger partial charge in [-0.3, -0.25) is 19.3 Å². The van der Waals surface area contributed by atoms with Crippen molar-refractivity contribution in [1.29, 1.82) is 0 Å². The van der Waals surface area contributed by atoms with Gasteiger partial charge in [0.2, 0.25) is 5.91 Å². The maximum Gasteiger partial charge on any atom is 0.334 e. The van der Waals surface area contributed by atoms with Crippen LogP contribution in [0.2, 0.25) is 15.1 Å². The van der Waals surface area contributed by atoms with E-state index in [4.69, 9.17) is 34.8 Å². The zero-order valence-electron chi connectivity index (χ0n) is 12.6. The van der Waals surface area contributed by atoms with E-state index in [1.165, 1.54) is 12.1 Å². The molecule has 0 radical (unpaired) electrons. The number of benzene rings is 1. The molecule has 0 aliphatic carbocycles. The van der Waals surface area contributed by atoms with E-state index < -0.39 is 36.3 Å². The Labute approximate surface area is 152 Å². The number of carbonyl (C=O) groups is 4. The average molecular weight is 393 g/mol. The number of rotatable bonds is 4. The molecular formula is C14H12Cl3N3O4. The van der Waals surface area contributed by atoms with Crippen LogP contribution in [-0.4, -0.2) is 46.1 Å². The molecule has 2 rings (SSSR count). The van der Waals surface area contributed by atoms with Crippen LogP contribution < -0.4 is 5.32 Å². The van der Waals surface area contributed by atoms with Gasteiger partial charge in [-0.15, -0.1) is 0 Å². The van der Waals surface area contributed by atoms with Crippen molar-refractivity contribution in [2.75, 3.05) is 11.9 Å². The van der Waals surface area contributed by atoms with Crippen LogP contribution in [0.3, 0.4) is 0 Å². The van der Waals surface area contributed by atoms with E-state index in [1.54, 1.807) is 13.8 Å². The summed E-state index contributed by atoms with van der Waals surface area (Å²) in [6, 6.07) is 1.41. The number of hydrogen-bond acceptors (Lipinski definition) is 4. The van der Waals surface area contributed by atoms with Crippen molar-refractivity contribution >= 4 is 64.2 Å². The van der Waals surface area contributed by atoms with Crippen molar-refractivity contribution in [3.63, 3.8) is 0 Å². The lowest BCUT2D eigenvalue weighted by molar-refractivity contribution is -0.144. The molecule has 1 fully saturated rings. The number of carbonyl (C=O) groups excluding carboxylic acids is 4. The fraction of sp³-hybridized carbons (Fsp3) is 0.286. The quantitative estimate of drug-likeness (QED) is 0.630. The van der Waals surface area contributed by atoms with Crippen LogP contribution in [-0.2, 0) is 14.4 Å². The first-order chi connectivity index (χ1) is 11.1. The minimum atomic E-state index is -1.06. The van der Waals surface area contributed by atoms with Gasteiger partial charge >= 0.3 is 17.8 Å². The summed E-state index contributed by atoms with van der Waals surface area (Å²) in [6.45, 7) is 2.53. The summed E-state index contributed by atoms with van der Waals surface area (Å²) in [5.74, 6) is -2.76. The molecule has 128 valence electrons. The smallest absolute Gasteiger partial charge is 0.322 e. The molecule has 10 heteroatoms. The number of imide groups is 2. The second-order valence-electron chi connectivity index (χ2n) is 5.24. The lowest BCUT2D eigenvalue weighted by Crippen LogP contribution is -2.40. The van der Waals surface area contributed by atoms with Gasteiger partial charge in [0, 0.05) is 11.1 Å². The van der Waals surface area contributed by atoms with Crippen molar-refractivity contribution in [1.82, 2.24) is 9.80 Å². The Bertz CT molecular complexity index is 728. The largest absolute Gasteiger partial charge is 0.334 e. The first-order valence-electron chi connectivity index (χ1n) is 6.77. The third-order valence-electron chi connectivity index (χ3n) is 3.17. The zero-order valence-corrected chi connectivity index (χ0v) is 14.9. The number of hydrogen-bond donors (Lipinski definition) is 1. The van der Waals surface area contributed by atoms with Crippen LogP contribution in [0.5, 0.6) is 0 Å². The number of nitrogens with zero attached hydrogens (tertiary/aromatic N) is 2. The van der Waals surface area contributed by atoms with Gasteiger partial charge in [0.05, 0.1) is 15.7 Å². The molecule has 0 spiro atoms. The predicted molar refractivity (Wildman–Crippen MR) is 89.2 cm³/mol. The minimum Gasteiger partial charge on any atom is -0.322 e. The molecule has 7 nitrogen and oxygen atoms in total. The first kappa shape index (κ1) is 18.5. The number of halogens is 3. The molecule has 1 heterocycles. The van der Waals surface area contributed by atoms with Crippen LogP contribution in [0, 0.1) is 0 Å². The predicted octanol–water partition coefficient (Wildman–Crippen LogP) is 2.78. The average Bonchev–Trinajstić information content (AvgIpc) is 2.66. The summed E-state index contributed by atoms with van der Waals surface area (Å²) < 4.78 is 0.